The first kappa shape index (κ1) is 22.2. The van der Waals surface area contributed by atoms with E-state index >= 15 is 0 Å². The molecule has 1 saturated carbocycles. The number of amides is 3. The molecule has 5 rings (SSSR count). The van der Waals surface area contributed by atoms with Crippen LogP contribution in [-0.2, 0) is 9.59 Å². The molecule has 1 aromatic heterocycles. The molecule has 1 saturated heterocycles. The second-order valence-corrected chi connectivity index (χ2v) is 9.18. The second kappa shape index (κ2) is 9.71. The maximum atomic E-state index is 13.4. The van der Waals surface area contributed by atoms with E-state index < -0.39 is 0 Å². The summed E-state index contributed by atoms with van der Waals surface area (Å²) in [6.45, 7) is 1.84. The molecule has 34 heavy (non-hydrogen) atoms. The zero-order chi connectivity index (χ0) is 23.5. The number of nitrogens with zero attached hydrogens (tertiary/aromatic N) is 2. The van der Waals surface area contributed by atoms with E-state index in [1.165, 1.54) is 0 Å². The van der Waals surface area contributed by atoms with E-state index in [1.807, 2.05) is 59.5 Å². The van der Waals surface area contributed by atoms with E-state index in [0.717, 1.165) is 29.3 Å². The van der Waals surface area contributed by atoms with E-state index in [1.54, 1.807) is 11.1 Å². The van der Waals surface area contributed by atoms with Crippen LogP contribution in [-0.4, -0.2) is 58.7 Å². The molecule has 3 amide bonds. The van der Waals surface area contributed by atoms with E-state index in [4.69, 9.17) is 0 Å². The third-order valence-electron chi connectivity index (χ3n) is 6.79. The fraction of sp³-hybridized carbons (Fsp3) is 0.370. The monoisotopic (exact) mass is 458 g/mol. The Labute approximate surface area is 199 Å². The first-order valence-corrected chi connectivity index (χ1v) is 12.1. The van der Waals surface area contributed by atoms with Crippen molar-refractivity contribution in [3.63, 3.8) is 0 Å². The Bertz CT molecular complexity index is 1180. The van der Waals surface area contributed by atoms with Gasteiger partial charge in [-0.05, 0) is 30.9 Å². The summed E-state index contributed by atoms with van der Waals surface area (Å²) in [5, 5.41) is 3.86. The van der Waals surface area contributed by atoms with Crippen LogP contribution < -0.4 is 5.32 Å². The Balaban J connectivity index is 1.39. The number of nitrogens with one attached hydrogen (secondary N) is 2. The van der Waals surface area contributed by atoms with Gasteiger partial charge in [0.25, 0.3) is 5.91 Å². The number of hydrogen-bond donors (Lipinski definition) is 2. The number of rotatable bonds is 3. The lowest BCUT2D eigenvalue weighted by Crippen LogP contribution is -2.39. The predicted octanol–water partition coefficient (Wildman–Crippen LogP) is 3.50. The van der Waals surface area contributed by atoms with Crippen LogP contribution in [0, 0.1) is 5.92 Å². The largest absolute Gasteiger partial charge is 0.360 e. The van der Waals surface area contributed by atoms with Crippen molar-refractivity contribution in [1.82, 2.24) is 20.1 Å². The van der Waals surface area contributed by atoms with Gasteiger partial charge < -0.3 is 20.1 Å². The number of carbonyl (C=O) groups excluding carboxylic acids is 3. The molecule has 2 N–H and O–H groups in total. The van der Waals surface area contributed by atoms with E-state index in [2.05, 4.69) is 10.3 Å². The molecule has 0 bridgehead atoms. The third-order valence-corrected chi connectivity index (χ3v) is 6.79. The van der Waals surface area contributed by atoms with Crippen molar-refractivity contribution in [1.29, 1.82) is 0 Å². The van der Waals surface area contributed by atoms with Crippen LogP contribution in [0.5, 0.6) is 0 Å². The molecule has 1 atom stereocenters. The molecule has 7 heteroatoms. The Morgan fingerprint density at radius 3 is 2.47 bits per heavy atom. The fourth-order valence-electron chi connectivity index (χ4n) is 4.81. The van der Waals surface area contributed by atoms with Crippen LogP contribution in [0.3, 0.4) is 0 Å². The molecule has 2 aromatic carbocycles. The maximum Gasteiger partial charge on any atom is 0.256 e. The summed E-state index contributed by atoms with van der Waals surface area (Å²) >= 11 is 0. The first-order chi connectivity index (χ1) is 16.6. The van der Waals surface area contributed by atoms with Crippen LogP contribution in [0.25, 0.3) is 10.9 Å². The van der Waals surface area contributed by atoms with Gasteiger partial charge in [-0.15, -0.1) is 0 Å². The lowest BCUT2D eigenvalue weighted by molar-refractivity contribution is -0.136. The fourth-order valence-corrected chi connectivity index (χ4v) is 4.81. The standard InChI is InChI=1S/C27H30N4O3/c32-25-17-24(19-7-2-1-3-8-19)31(26(33)20-11-12-20)15-6-14-30(16-13-28-25)27(34)22-18-29-23-10-5-4-9-21(22)23/h1-5,7-10,18,20,24,29H,6,11-17H2,(H,28,32). The van der Waals surface area contributed by atoms with Gasteiger partial charge in [0.15, 0.2) is 0 Å². The van der Waals surface area contributed by atoms with Crippen LogP contribution in [0.4, 0.5) is 0 Å². The summed E-state index contributed by atoms with van der Waals surface area (Å²) in [5.41, 5.74) is 2.52. The van der Waals surface area contributed by atoms with E-state index in [0.29, 0.717) is 38.2 Å². The molecule has 1 aliphatic carbocycles. The van der Waals surface area contributed by atoms with Crippen molar-refractivity contribution >= 4 is 28.6 Å². The number of hydrogen-bond acceptors (Lipinski definition) is 3. The maximum absolute atomic E-state index is 13.4. The van der Waals surface area contributed by atoms with Gasteiger partial charge in [-0.3, -0.25) is 14.4 Å². The summed E-state index contributed by atoms with van der Waals surface area (Å²) < 4.78 is 0. The summed E-state index contributed by atoms with van der Waals surface area (Å²) in [4.78, 5) is 46.4. The van der Waals surface area contributed by atoms with E-state index in [9.17, 15) is 14.4 Å². The zero-order valence-electron chi connectivity index (χ0n) is 19.2. The Morgan fingerprint density at radius 1 is 0.912 bits per heavy atom. The van der Waals surface area contributed by atoms with Crippen molar-refractivity contribution in [2.45, 2.75) is 31.7 Å². The molecule has 0 spiro atoms. The van der Waals surface area contributed by atoms with Crippen LogP contribution >= 0.6 is 0 Å². The Morgan fingerprint density at radius 2 is 1.68 bits per heavy atom. The highest BCUT2D eigenvalue weighted by Crippen LogP contribution is 2.35. The quantitative estimate of drug-likeness (QED) is 0.630. The van der Waals surface area contributed by atoms with Gasteiger partial charge in [0.2, 0.25) is 11.8 Å². The highest BCUT2D eigenvalue weighted by Gasteiger charge is 2.37. The van der Waals surface area contributed by atoms with Gasteiger partial charge in [0.1, 0.15) is 0 Å². The number of aromatic amines is 1. The van der Waals surface area contributed by atoms with Crippen molar-refractivity contribution < 1.29 is 14.4 Å². The van der Waals surface area contributed by atoms with Crippen molar-refractivity contribution in [2.75, 3.05) is 26.2 Å². The summed E-state index contributed by atoms with van der Waals surface area (Å²) in [6, 6.07) is 17.2. The normalized spacial score (nSPS) is 20.0. The van der Waals surface area contributed by atoms with Crippen LogP contribution in [0.2, 0.25) is 0 Å². The molecule has 3 aromatic rings. The highest BCUT2D eigenvalue weighted by atomic mass is 16.2. The molecule has 1 aliphatic heterocycles. The van der Waals surface area contributed by atoms with E-state index in [-0.39, 0.29) is 36.1 Å². The lowest BCUT2D eigenvalue weighted by atomic mass is 10.0. The van der Waals surface area contributed by atoms with Crippen molar-refractivity contribution in [3.05, 3.63) is 71.9 Å². The van der Waals surface area contributed by atoms with Gasteiger partial charge in [-0.25, -0.2) is 0 Å². The number of H-pyrrole nitrogens is 1. The summed E-state index contributed by atoms with van der Waals surface area (Å²) in [6.07, 6.45) is 4.45. The second-order valence-electron chi connectivity index (χ2n) is 9.18. The summed E-state index contributed by atoms with van der Waals surface area (Å²) in [7, 11) is 0. The first-order valence-electron chi connectivity index (χ1n) is 12.1. The minimum atomic E-state index is -0.301. The molecule has 176 valence electrons. The smallest absolute Gasteiger partial charge is 0.256 e. The summed E-state index contributed by atoms with van der Waals surface area (Å²) in [5.74, 6) is 0.00762. The number of aromatic nitrogens is 1. The molecule has 2 heterocycles. The molecule has 0 radical (unpaired) electrons. The number of carbonyl (C=O) groups is 3. The highest BCUT2D eigenvalue weighted by molar-refractivity contribution is 6.06. The molecule has 2 aliphatic rings. The van der Waals surface area contributed by atoms with Gasteiger partial charge >= 0.3 is 0 Å². The molecular weight excluding hydrogens is 428 g/mol. The molecule has 7 nitrogen and oxygen atoms in total. The molecule has 2 fully saturated rings. The van der Waals surface area contributed by atoms with Crippen molar-refractivity contribution in [2.24, 2.45) is 5.92 Å². The number of benzene rings is 2. The van der Waals surface area contributed by atoms with Gasteiger partial charge in [-0.2, -0.15) is 0 Å². The minimum Gasteiger partial charge on any atom is -0.360 e. The average Bonchev–Trinajstić information content (AvgIpc) is 3.63. The number of fused-ring (bicyclic) bond motifs is 1. The zero-order valence-corrected chi connectivity index (χ0v) is 19.2. The van der Waals surface area contributed by atoms with Gasteiger partial charge in [0, 0.05) is 49.2 Å². The SMILES string of the molecule is O=C1CC(c2ccccc2)N(C(=O)C2CC2)CCCN(C(=O)c2c[nH]c3ccccc23)CCN1. The van der Waals surface area contributed by atoms with Crippen molar-refractivity contribution in [3.8, 4) is 0 Å². The Kier molecular flexibility index (Phi) is 6.34. The predicted molar refractivity (Wildman–Crippen MR) is 130 cm³/mol. The topological polar surface area (TPSA) is 85.5 Å². The van der Waals surface area contributed by atoms with Gasteiger partial charge in [-0.1, -0.05) is 48.5 Å². The van der Waals surface area contributed by atoms with Gasteiger partial charge in [0.05, 0.1) is 18.0 Å². The molecular formula is C27H30N4O3. The van der Waals surface area contributed by atoms with Crippen LogP contribution in [0.1, 0.15) is 47.6 Å². The van der Waals surface area contributed by atoms with Crippen LogP contribution in [0.15, 0.2) is 60.8 Å². The minimum absolute atomic E-state index is 0.0587. The lowest BCUT2D eigenvalue weighted by Gasteiger charge is -2.32. The average molecular weight is 459 g/mol. The third kappa shape index (κ3) is 4.69. The number of para-hydroxylation sites is 1. The molecule has 1 unspecified atom stereocenters. The Hall–Kier alpha value is -3.61.